The van der Waals surface area contributed by atoms with Crippen LogP contribution >= 0.6 is 0 Å². The molecule has 2 rings (SSSR count). The normalized spacial score (nSPS) is 22.3. The van der Waals surface area contributed by atoms with Crippen LogP contribution in [0.1, 0.15) is 43.7 Å². The Labute approximate surface area is 109 Å². The van der Waals surface area contributed by atoms with Crippen molar-refractivity contribution in [1.29, 1.82) is 0 Å². The molecule has 4 nitrogen and oxygen atoms in total. The van der Waals surface area contributed by atoms with Crippen LogP contribution in [0.4, 0.5) is 5.69 Å². The van der Waals surface area contributed by atoms with Crippen LogP contribution in [0.5, 0.6) is 0 Å². The van der Waals surface area contributed by atoms with Gasteiger partial charge in [-0.1, -0.05) is 6.92 Å². The van der Waals surface area contributed by atoms with Gasteiger partial charge < -0.3 is 15.2 Å². The highest BCUT2D eigenvalue weighted by Crippen LogP contribution is 2.38. The zero-order valence-electron chi connectivity index (χ0n) is 11.7. The third-order valence-electron chi connectivity index (χ3n) is 3.78. The molecular weight excluding hydrogens is 226 g/mol. The number of rotatable bonds is 4. The van der Waals surface area contributed by atoms with Crippen molar-refractivity contribution in [3.05, 3.63) is 18.0 Å². The largest absolute Gasteiger partial charge is 0.397 e. The number of nitrogen functional groups attached to an aromatic ring is 1. The minimum absolute atomic E-state index is 0.0690. The summed E-state index contributed by atoms with van der Waals surface area (Å²) >= 11 is 0. The number of carbonyl (C=O) groups is 1. The van der Waals surface area contributed by atoms with Crippen molar-refractivity contribution in [2.75, 3.05) is 19.3 Å². The predicted molar refractivity (Wildman–Crippen MR) is 73.5 cm³/mol. The van der Waals surface area contributed by atoms with E-state index in [2.05, 4.69) is 20.8 Å². The van der Waals surface area contributed by atoms with E-state index < -0.39 is 0 Å². The Morgan fingerprint density at radius 2 is 2.22 bits per heavy atom. The maximum Gasteiger partial charge on any atom is 0.270 e. The summed E-state index contributed by atoms with van der Waals surface area (Å²) in [6.45, 7) is 7.19. The molecule has 1 amide bonds. The smallest absolute Gasteiger partial charge is 0.270 e. The van der Waals surface area contributed by atoms with Gasteiger partial charge in [-0.25, -0.2) is 0 Å². The molecule has 2 N–H and O–H groups in total. The summed E-state index contributed by atoms with van der Waals surface area (Å²) in [4.78, 5) is 14.2. The van der Waals surface area contributed by atoms with Crippen LogP contribution in [0.25, 0.3) is 0 Å². The van der Waals surface area contributed by atoms with E-state index in [9.17, 15) is 4.79 Å². The lowest BCUT2D eigenvalue weighted by Crippen LogP contribution is -2.31. The summed E-state index contributed by atoms with van der Waals surface area (Å²) in [5.74, 6) is 1.51. The molecule has 100 valence electrons. The standard InChI is InChI=1S/C14H23N3O/c1-9(2)17-8-12(15)6-13(17)14(18)16(4)7-11-5-10(11)3/h6,8-11H,5,7,15H2,1-4H3. The molecule has 1 aliphatic rings. The van der Waals surface area contributed by atoms with Gasteiger partial charge in [-0.15, -0.1) is 0 Å². The van der Waals surface area contributed by atoms with Gasteiger partial charge in [0.2, 0.25) is 0 Å². The van der Waals surface area contributed by atoms with Crippen LogP contribution < -0.4 is 5.73 Å². The van der Waals surface area contributed by atoms with Crippen LogP contribution in [0.2, 0.25) is 0 Å². The molecule has 0 aliphatic heterocycles. The quantitative estimate of drug-likeness (QED) is 0.890. The van der Waals surface area contributed by atoms with E-state index in [0.29, 0.717) is 17.3 Å². The van der Waals surface area contributed by atoms with Crippen LogP contribution in [-0.4, -0.2) is 29.0 Å². The predicted octanol–water partition coefficient (Wildman–Crippen LogP) is 2.38. The Kier molecular flexibility index (Phi) is 3.37. The van der Waals surface area contributed by atoms with E-state index in [1.54, 1.807) is 6.07 Å². The van der Waals surface area contributed by atoms with Crippen molar-refractivity contribution >= 4 is 11.6 Å². The summed E-state index contributed by atoms with van der Waals surface area (Å²) in [6.07, 6.45) is 3.08. The molecule has 0 bridgehead atoms. The molecule has 0 spiro atoms. The molecule has 2 unspecified atom stereocenters. The van der Waals surface area contributed by atoms with Crippen molar-refractivity contribution in [2.24, 2.45) is 11.8 Å². The molecule has 2 atom stereocenters. The van der Waals surface area contributed by atoms with Gasteiger partial charge in [0.1, 0.15) is 5.69 Å². The van der Waals surface area contributed by atoms with E-state index in [1.165, 1.54) is 6.42 Å². The molecule has 4 heteroatoms. The van der Waals surface area contributed by atoms with E-state index in [0.717, 1.165) is 12.5 Å². The Morgan fingerprint density at radius 3 is 2.72 bits per heavy atom. The Balaban J connectivity index is 2.12. The minimum atomic E-state index is 0.0690. The molecular formula is C14H23N3O. The third-order valence-corrected chi connectivity index (χ3v) is 3.78. The van der Waals surface area contributed by atoms with Crippen LogP contribution in [0, 0.1) is 11.8 Å². The second kappa shape index (κ2) is 4.67. The molecule has 1 fully saturated rings. The highest BCUT2D eigenvalue weighted by atomic mass is 16.2. The fourth-order valence-electron chi connectivity index (χ4n) is 2.38. The topological polar surface area (TPSA) is 51.3 Å². The zero-order valence-corrected chi connectivity index (χ0v) is 11.7. The molecule has 1 aromatic rings. The molecule has 1 aliphatic carbocycles. The molecule has 0 saturated heterocycles. The molecule has 18 heavy (non-hydrogen) atoms. The van der Waals surface area contributed by atoms with Gasteiger partial charge in [-0.2, -0.15) is 0 Å². The van der Waals surface area contributed by atoms with Crippen molar-refractivity contribution in [3.63, 3.8) is 0 Å². The second-order valence-electron chi connectivity index (χ2n) is 5.82. The molecule has 1 saturated carbocycles. The molecule has 0 aromatic carbocycles. The van der Waals surface area contributed by atoms with Gasteiger partial charge in [0.15, 0.2) is 0 Å². The summed E-state index contributed by atoms with van der Waals surface area (Å²) in [6, 6.07) is 2.02. The Bertz CT molecular complexity index is 450. The lowest BCUT2D eigenvalue weighted by molar-refractivity contribution is 0.0774. The Hall–Kier alpha value is -1.45. The molecule has 1 heterocycles. The van der Waals surface area contributed by atoms with Gasteiger partial charge in [0, 0.05) is 25.8 Å². The van der Waals surface area contributed by atoms with Gasteiger partial charge in [0.25, 0.3) is 5.91 Å². The Morgan fingerprint density at radius 1 is 1.61 bits per heavy atom. The average molecular weight is 249 g/mol. The number of carbonyl (C=O) groups excluding carboxylic acids is 1. The zero-order chi connectivity index (χ0) is 13.4. The first kappa shape index (κ1) is 13.0. The number of nitrogens with zero attached hydrogens (tertiary/aromatic N) is 2. The van der Waals surface area contributed by atoms with Crippen molar-refractivity contribution in [3.8, 4) is 0 Å². The summed E-state index contributed by atoms with van der Waals surface area (Å²) in [7, 11) is 1.88. The first-order valence-corrected chi connectivity index (χ1v) is 6.63. The van der Waals surface area contributed by atoms with Crippen LogP contribution in [0.15, 0.2) is 12.3 Å². The molecule has 0 radical (unpaired) electrons. The van der Waals surface area contributed by atoms with E-state index in [1.807, 2.05) is 22.7 Å². The number of hydrogen-bond acceptors (Lipinski definition) is 2. The van der Waals surface area contributed by atoms with Gasteiger partial charge in [-0.05, 0) is 38.2 Å². The lowest BCUT2D eigenvalue weighted by Gasteiger charge is -2.19. The van der Waals surface area contributed by atoms with E-state index in [4.69, 9.17) is 5.73 Å². The fraction of sp³-hybridized carbons (Fsp3) is 0.643. The first-order valence-electron chi connectivity index (χ1n) is 6.63. The number of aromatic nitrogens is 1. The number of amides is 1. The van der Waals surface area contributed by atoms with Crippen LogP contribution in [0.3, 0.4) is 0 Å². The van der Waals surface area contributed by atoms with Crippen molar-refractivity contribution in [1.82, 2.24) is 9.47 Å². The minimum Gasteiger partial charge on any atom is -0.397 e. The van der Waals surface area contributed by atoms with Gasteiger partial charge in [0.05, 0.1) is 5.69 Å². The maximum absolute atomic E-state index is 12.4. The number of nitrogens with two attached hydrogens (primary N) is 1. The number of hydrogen-bond donors (Lipinski definition) is 1. The highest BCUT2D eigenvalue weighted by molar-refractivity contribution is 5.93. The van der Waals surface area contributed by atoms with E-state index >= 15 is 0 Å². The first-order chi connectivity index (χ1) is 8.40. The summed E-state index contributed by atoms with van der Waals surface area (Å²) in [5.41, 5.74) is 7.15. The van der Waals surface area contributed by atoms with Crippen molar-refractivity contribution in [2.45, 2.75) is 33.2 Å². The van der Waals surface area contributed by atoms with Gasteiger partial charge in [-0.3, -0.25) is 4.79 Å². The average Bonchev–Trinajstić information content (AvgIpc) is 2.83. The van der Waals surface area contributed by atoms with Crippen molar-refractivity contribution < 1.29 is 4.79 Å². The third kappa shape index (κ3) is 2.52. The monoisotopic (exact) mass is 249 g/mol. The lowest BCUT2D eigenvalue weighted by atomic mass is 10.3. The summed E-state index contributed by atoms with van der Waals surface area (Å²) in [5, 5.41) is 0. The van der Waals surface area contributed by atoms with Crippen LogP contribution in [-0.2, 0) is 0 Å². The SMILES string of the molecule is CC1CC1CN(C)C(=O)c1cc(N)cn1C(C)C. The maximum atomic E-state index is 12.4. The summed E-state index contributed by atoms with van der Waals surface area (Å²) < 4.78 is 1.95. The molecule has 1 aromatic heterocycles. The second-order valence-corrected chi connectivity index (χ2v) is 5.82. The fourth-order valence-corrected chi connectivity index (χ4v) is 2.38. The highest BCUT2D eigenvalue weighted by Gasteiger charge is 2.34. The van der Waals surface area contributed by atoms with E-state index in [-0.39, 0.29) is 11.9 Å². The van der Waals surface area contributed by atoms with Gasteiger partial charge >= 0.3 is 0 Å². The number of anilines is 1.